The van der Waals surface area contributed by atoms with Crippen molar-refractivity contribution >= 4 is 5.91 Å². The van der Waals surface area contributed by atoms with Gasteiger partial charge in [-0.2, -0.15) is 0 Å². The first-order valence-electron chi connectivity index (χ1n) is 6.03. The Bertz CT molecular complexity index is 241. The first-order chi connectivity index (χ1) is 7.74. The molecule has 92 valence electrons. The van der Waals surface area contributed by atoms with Crippen molar-refractivity contribution in [2.24, 2.45) is 0 Å². The molecule has 0 aromatic heterocycles. The molecule has 2 rings (SSSR count). The highest BCUT2D eigenvalue weighted by Gasteiger charge is 2.22. The highest BCUT2D eigenvalue weighted by atomic mass is 16.5. The summed E-state index contributed by atoms with van der Waals surface area (Å²) in [5.41, 5.74) is 0. The third-order valence-electron chi connectivity index (χ3n) is 3.17. The summed E-state index contributed by atoms with van der Waals surface area (Å²) < 4.78 is 5.42. The monoisotopic (exact) mass is 228 g/mol. The summed E-state index contributed by atoms with van der Waals surface area (Å²) in [5, 5.41) is 12.2. The first kappa shape index (κ1) is 11.8. The Labute approximate surface area is 95.8 Å². The molecule has 5 nitrogen and oxygen atoms in total. The second-order valence-corrected chi connectivity index (χ2v) is 4.62. The lowest BCUT2D eigenvalue weighted by Crippen LogP contribution is -2.39. The van der Waals surface area contributed by atoms with Crippen LogP contribution in [-0.2, 0) is 9.53 Å². The van der Waals surface area contributed by atoms with Gasteiger partial charge in [-0.1, -0.05) is 0 Å². The number of amides is 1. The molecule has 0 unspecified atom stereocenters. The van der Waals surface area contributed by atoms with E-state index in [1.165, 1.54) is 0 Å². The van der Waals surface area contributed by atoms with E-state index >= 15 is 0 Å². The third kappa shape index (κ3) is 3.43. The van der Waals surface area contributed by atoms with Crippen molar-refractivity contribution in [1.82, 2.24) is 10.2 Å². The van der Waals surface area contributed by atoms with Crippen molar-refractivity contribution in [3.05, 3.63) is 0 Å². The summed E-state index contributed by atoms with van der Waals surface area (Å²) >= 11 is 0. The summed E-state index contributed by atoms with van der Waals surface area (Å²) in [4.78, 5) is 13.6. The molecule has 0 aliphatic carbocycles. The van der Waals surface area contributed by atoms with Crippen LogP contribution >= 0.6 is 0 Å². The van der Waals surface area contributed by atoms with Crippen molar-refractivity contribution < 1.29 is 14.6 Å². The van der Waals surface area contributed by atoms with E-state index in [1.54, 1.807) is 0 Å². The van der Waals surface area contributed by atoms with Gasteiger partial charge in [0, 0.05) is 26.2 Å². The molecule has 0 radical (unpaired) electrons. The van der Waals surface area contributed by atoms with Gasteiger partial charge < -0.3 is 15.2 Å². The predicted molar refractivity (Wildman–Crippen MR) is 59.0 cm³/mol. The molecule has 2 saturated heterocycles. The van der Waals surface area contributed by atoms with Crippen molar-refractivity contribution in [1.29, 1.82) is 0 Å². The summed E-state index contributed by atoms with van der Waals surface area (Å²) in [6.45, 7) is 3.26. The second-order valence-electron chi connectivity index (χ2n) is 4.62. The lowest BCUT2D eigenvalue weighted by atomic mass is 10.2. The average Bonchev–Trinajstić information content (AvgIpc) is 2.87. The van der Waals surface area contributed by atoms with Crippen LogP contribution in [0.3, 0.4) is 0 Å². The number of β-amino-alcohol motifs (C(OH)–C–C–N with tert-alkyl or cyclic N) is 1. The van der Waals surface area contributed by atoms with E-state index in [4.69, 9.17) is 4.74 Å². The molecular formula is C11H20N2O3. The summed E-state index contributed by atoms with van der Waals surface area (Å²) in [6.07, 6.45) is 2.86. The molecule has 2 N–H and O–H groups in total. The van der Waals surface area contributed by atoms with Crippen LogP contribution in [0.2, 0.25) is 0 Å². The smallest absolute Gasteiger partial charge is 0.234 e. The van der Waals surface area contributed by atoms with Gasteiger partial charge in [0.15, 0.2) is 0 Å². The van der Waals surface area contributed by atoms with E-state index in [2.05, 4.69) is 5.32 Å². The van der Waals surface area contributed by atoms with E-state index in [9.17, 15) is 9.90 Å². The Balaban J connectivity index is 1.60. The minimum atomic E-state index is -0.258. The first-order valence-corrected chi connectivity index (χ1v) is 6.03. The van der Waals surface area contributed by atoms with E-state index < -0.39 is 0 Å². The van der Waals surface area contributed by atoms with Crippen LogP contribution in [0.25, 0.3) is 0 Å². The lowest BCUT2D eigenvalue weighted by molar-refractivity contribution is -0.122. The zero-order valence-electron chi connectivity index (χ0n) is 9.52. The largest absolute Gasteiger partial charge is 0.392 e. The zero-order chi connectivity index (χ0) is 11.4. The van der Waals surface area contributed by atoms with Crippen LogP contribution in [-0.4, -0.2) is 60.9 Å². The molecule has 2 fully saturated rings. The number of nitrogens with zero attached hydrogens (tertiary/aromatic N) is 1. The molecule has 0 aromatic carbocycles. The van der Waals surface area contributed by atoms with Crippen molar-refractivity contribution in [2.75, 3.05) is 32.8 Å². The highest BCUT2D eigenvalue weighted by molar-refractivity contribution is 5.78. The maximum atomic E-state index is 11.6. The van der Waals surface area contributed by atoms with Gasteiger partial charge in [-0.25, -0.2) is 0 Å². The van der Waals surface area contributed by atoms with Crippen LogP contribution in [0.15, 0.2) is 0 Å². The van der Waals surface area contributed by atoms with Gasteiger partial charge in [-0.15, -0.1) is 0 Å². The molecule has 2 aliphatic heterocycles. The summed E-state index contributed by atoms with van der Waals surface area (Å²) in [7, 11) is 0. The summed E-state index contributed by atoms with van der Waals surface area (Å²) in [6, 6.07) is 0. The zero-order valence-corrected chi connectivity index (χ0v) is 9.52. The van der Waals surface area contributed by atoms with Crippen LogP contribution in [0, 0.1) is 0 Å². The molecule has 1 amide bonds. The highest BCUT2D eigenvalue weighted by Crippen LogP contribution is 2.11. The fourth-order valence-electron chi connectivity index (χ4n) is 2.25. The normalized spacial score (nSPS) is 30.8. The van der Waals surface area contributed by atoms with Gasteiger partial charge in [0.25, 0.3) is 0 Å². The van der Waals surface area contributed by atoms with Gasteiger partial charge in [0.2, 0.25) is 5.91 Å². The molecule has 2 heterocycles. The Kier molecular flexibility index (Phi) is 4.15. The number of rotatable bonds is 4. The molecule has 5 heteroatoms. The Morgan fingerprint density at radius 1 is 1.50 bits per heavy atom. The maximum Gasteiger partial charge on any atom is 0.234 e. The van der Waals surface area contributed by atoms with Crippen LogP contribution in [0.5, 0.6) is 0 Å². The maximum absolute atomic E-state index is 11.6. The molecule has 2 aliphatic rings. The van der Waals surface area contributed by atoms with Crippen molar-refractivity contribution in [3.63, 3.8) is 0 Å². The van der Waals surface area contributed by atoms with Gasteiger partial charge in [-0.3, -0.25) is 9.69 Å². The minimum Gasteiger partial charge on any atom is -0.392 e. The summed E-state index contributed by atoms with van der Waals surface area (Å²) in [5.74, 6) is 0.0320. The van der Waals surface area contributed by atoms with E-state index in [0.717, 1.165) is 32.4 Å². The SMILES string of the molecule is O=C(CN1CC[C@@H](O)C1)NC[C@@H]1CCCO1. The standard InChI is InChI=1S/C11H20N2O3/c14-9-3-4-13(7-9)8-11(15)12-6-10-2-1-5-16-10/h9-10,14H,1-8H2,(H,12,15)/t9-,10+/m1/s1. The number of ether oxygens (including phenoxy) is 1. The molecule has 0 bridgehead atoms. The molecule has 16 heavy (non-hydrogen) atoms. The van der Waals surface area contributed by atoms with Crippen LogP contribution in [0.4, 0.5) is 0 Å². The van der Waals surface area contributed by atoms with Gasteiger partial charge in [0.1, 0.15) is 0 Å². The molecule has 2 atom stereocenters. The number of likely N-dealkylation sites (tertiary alicyclic amines) is 1. The number of carbonyl (C=O) groups is 1. The number of aliphatic hydroxyl groups excluding tert-OH is 1. The minimum absolute atomic E-state index is 0.0320. The molecular weight excluding hydrogens is 208 g/mol. The average molecular weight is 228 g/mol. The number of aliphatic hydroxyl groups is 1. The van der Waals surface area contributed by atoms with E-state index in [0.29, 0.717) is 19.6 Å². The number of nitrogens with one attached hydrogen (secondary N) is 1. The molecule has 0 saturated carbocycles. The van der Waals surface area contributed by atoms with Gasteiger partial charge in [0.05, 0.1) is 18.8 Å². The van der Waals surface area contributed by atoms with E-state index in [1.807, 2.05) is 4.90 Å². The van der Waals surface area contributed by atoms with Gasteiger partial charge >= 0.3 is 0 Å². The molecule has 0 aromatic rings. The second kappa shape index (κ2) is 5.61. The Hall–Kier alpha value is -0.650. The quantitative estimate of drug-likeness (QED) is 0.671. The van der Waals surface area contributed by atoms with Crippen molar-refractivity contribution in [3.8, 4) is 0 Å². The number of hydrogen-bond donors (Lipinski definition) is 2. The number of carbonyl (C=O) groups excluding carboxylic acids is 1. The number of hydrogen-bond acceptors (Lipinski definition) is 4. The predicted octanol–water partition coefficient (Wildman–Crippen LogP) is -0.652. The Morgan fingerprint density at radius 3 is 3.00 bits per heavy atom. The van der Waals surface area contributed by atoms with E-state index in [-0.39, 0.29) is 18.1 Å². The fraction of sp³-hybridized carbons (Fsp3) is 0.909. The molecule has 0 spiro atoms. The Morgan fingerprint density at radius 2 is 2.38 bits per heavy atom. The van der Waals surface area contributed by atoms with Crippen molar-refractivity contribution in [2.45, 2.75) is 31.5 Å². The van der Waals surface area contributed by atoms with Crippen LogP contribution < -0.4 is 5.32 Å². The van der Waals surface area contributed by atoms with Crippen LogP contribution in [0.1, 0.15) is 19.3 Å². The third-order valence-corrected chi connectivity index (χ3v) is 3.17. The fourth-order valence-corrected chi connectivity index (χ4v) is 2.25. The topological polar surface area (TPSA) is 61.8 Å². The lowest BCUT2D eigenvalue weighted by Gasteiger charge is -2.16. The van der Waals surface area contributed by atoms with Gasteiger partial charge in [-0.05, 0) is 19.3 Å².